The number of nitrogens with zero attached hydrogens (tertiary/aromatic N) is 2. The molecular formula is C15H23N3O3. The number of anilines is 1. The number of ether oxygens (including phenoxy) is 2. The van der Waals surface area contributed by atoms with Gasteiger partial charge in [0.1, 0.15) is 12.4 Å². The van der Waals surface area contributed by atoms with Crippen LogP contribution in [0.3, 0.4) is 0 Å². The van der Waals surface area contributed by atoms with E-state index in [1.165, 1.54) is 7.11 Å². The van der Waals surface area contributed by atoms with Gasteiger partial charge in [0, 0.05) is 38.4 Å². The molecule has 1 aromatic rings. The van der Waals surface area contributed by atoms with Crippen molar-refractivity contribution in [2.24, 2.45) is 0 Å². The van der Waals surface area contributed by atoms with Gasteiger partial charge in [-0.1, -0.05) is 0 Å². The minimum atomic E-state index is -0.447. The number of benzene rings is 1. The predicted octanol–water partition coefficient (Wildman–Crippen LogP) is 0.682. The van der Waals surface area contributed by atoms with Gasteiger partial charge in [-0.2, -0.15) is 0 Å². The van der Waals surface area contributed by atoms with Crippen molar-refractivity contribution >= 4 is 11.7 Å². The lowest BCUT2D eigenvalue weighted by molar-refractivity contribution is 0.0601. The smallest absolute Gasteiger partial charge is 0.340 e. The largest absolute Gasteiger partial charge is 0.492 e. The summed E-state index contributed by atoms with van der Waals surface area (Å²) in [7, 11) is 3.47. The zero-order chi connectivity index (χ0) is 15.2. The van der Waals surface area contributed by atoms with Crippen LogP contribution in [0.2, 0.25) is 0 Å². The summed E-state index contributed by atoms with van der Waals surface area (Å²) in [6, 6.07) is 5.06. The van der Waals surface area contributed by atoms with Gasteiger partial charge in [-0.3, -0.25) is 4.90 Å². The number of piperazine rings is 1. The topological polar surface area (TPSA) is 68.0 Å². The lowest BCUT2D eigenvalue weighted by atomic mass is 10.2. The Bertz CT molecular complexity index is 485. The first-order valence-electron chi connectivity index (χ1n) is 7.11. The van der Waals surface area contributed by atoms with E-state index in [9.17, 15) is 4.79 Å². The maximum absolute atomic E-state index is 11.6. The Morgan fingerprint density at radius 1 is 1.29 bits per heavy atom. The van der Waals surface area contributed by atoms with Gasteiger partial charge < -0.3 is 20.1 Å². The Balaban J connectivity index is 1.84. The predicted molar refractivity (Wildman–Crippen MR) is 81.6 cm³/mol. The number of carbonyl (C=O) groups is 1. The van der Waals surface area contributed by atoms with E-state index in [0.29, 0.717) is 23.6 Å². The zero-order valence-corrected chi connectivity index (χ0v) is 12.7. The standard InChI is InChI=1S/C15H23N3O3/c1-17-5-7-18(8-6-17)9-10-21-12-3-4-14(16)13(11-12)15(19)20-2/h3-4,11H,5-10,16H2,1-2H3. The number of nitrogens with two attached hydrogens (primary N) is 1. The van der Waals surface area contributed by atoms with Crippen LogP contribution < -0.4 is 10.5 Å². The molecule has 1 saturated heterocycles. The molecule has 6 nitrogen and oxygen atoms in total. The second kappa shape index (κ2) is 7.28. The van der Waals surface area contributed by atoms with Crippen molar-refractivity contribution in [2.45, 2.75) is 0 Å². The molecule has 1 heterocycles. The lowest BCUT2D eigenvalue weighted by Gasteiger charge is -2.32. The van der Waals surface area contributed by atoms with E-state index < -0.39 is 5.97 Å². The lowest BCUT2D eigenvalue weighted by Crippen LogP contribution is -2.45. The Morgan fingerprint density at radius 3 is 2.67 bits per heavy atom. The first kappa shape index (κ1) is 15.6. The van der Waals surface area contributed by atoms with Crippen LogP contribution in [0.25, 0.3) is 0 Å². The van der Waals surface area contributed by atoms with Crippen LogP contribution in [0.5, 0.6) is 5.75 Å². The number of carbonyl (C=O) groups excluding carboxylic acids is 1. The van der Waals surface area contributed by atoms with Crippen molar-refractivity contribution in [2.75, 3.05) is 59.2 Å². The molecule has 1 fully saturated rings. The van der Waals surface area contributed by atoms with Crippen LogP contribution in [0.4, 0.5) is 5.69 Å². The highest BCUT2D eigenvalue weighted by Gasteiger charge is 2.14. The number of nitrogen functional groups attached to an aromatic ring is 1. The third kappa shape index (κ3) is 4.34. The first-order valence-corrected chi connectivity index (χ1v) is 7.11. The number of esters is 1. The van der Waals surface area contributed by atoms with E-state index in [4.69, 9.17) is 15.2 Å². The number of methoxy groups -OCH3 is 1. The minimum Gasteiger partial charge on any atom is -0.492 e. The van der Waals surface area contributed by atoms with Gasteiger partial charge >= 0.3 is 5.97 Å². The molecule has 0 unspecified atom stereocenters. The molecule has 0 spiro atoms. The first-order chi connectivity index (χ1) is 10.1. The quantitative estimate of drug-likeness (QED) is 0.636. The minimum absolute atomic E-state index is 0.342. The van der Waals surface area contributed by atoms with Gasteiger partial charge in [-0.15, -0.1) is 0 Å². The van der Waals surface area contributed by atoms with Gasteiger partial charge in [0.15, 0.2) is 0 Å². The van der Waals surface area contributed by atoms with Crippen molar-refractivity contribution < 1.29 is 14.3 Å². The summed E-state index contributed by atoms with van der Waals surface area (Å²) in [4.78, 5) is 16.3. The van der Waals surface area contributed by atoms with E-state index in [1.54, 1.807) is 18.2 Å². The average Bonchev–Trinajstić information content (AvgIpc) is 2.50. The summed E-state index contributed by atoms with van der Waals surface area (Å²) in [6.07, 6.45) is 0. The summed E-state index contributed by atoms with van der Waals surface area (Å²) in [5.74, 6) is 0.191. The molecule has 2 rings (SSSR count). The second-order valence-corrected chi connectivity index (χ2v) is 5.23. The highest BCUT2D eigenvalue weighted by molar-refractivity contribution is 5.95. The van der Waals surface area contributed by atoms with Gasteiger partial charge in [-0.05, 0) is 25.2 Å². The monoisotopic (exact) mass is 293 g/mol. The van der Waals surface area contributed by atoms with Crippen LogP contribution in [-0.4, -0.2) is 69.3 Å². The highest BCUT2D eigenvalue weighted by Crippen LogP contribution is 2.20. The zero-order valence-electron chi connectivity index (χ0n) is 12.7. The van der Waals surface area contributed by atoms with E-state index in [-0.39, 0.29) is 0 Å². The summed E-state index contributed by atoms with van der Waals surface area (Å²) in [5.41, 5.74) is 6.49. The van der Waals surface area contributed by atoms with Crippen LogP contribution in [0.15, 0.2) is 18.2 Å². The third-order valence-corrected chi connectivity index (χ3v) is 3.70. The molecule has 21 heavy (non-hydrogen) atoms. The molecule has 1 aromatic carbocycles. The Morgan fingerprint density at radius 2 is 2.00 bits per heavy atom. The Labute approximate surface area is 125 Å². The maximum atomic E-state index is 11.6. The van der Waals surface area contributed by atoms with Crippen molar-refractivity contribution in [1.29, 1.82) is 0 Å². The summed E-state index contributed by atoms with van der Waals surface area (Å²) < 4.78 is 10.4. The van der Waals surface area contributed by atoms with E-state index in [1.807, 2.05) is 0 Å². The molecule has 0 aliphatic carbocycles. The SMILES string of the molecule is COC(=O)c1cc(OCCN2CCN(C)CC2)ccc1N. The molecule has 0 amide bonds. The fourth-order valence-electron chi connectivity index (χ4n) is 2.28. The Hall–Kier alpha value is -1.79. The highest BCUT2D eigenvalue weighted by atomic mass is 16.5. The van der Waals surface area contributed by atoms with E-state index in [2.05, 4.69) is 16.8 Å². The molecule has 0 aromatic heterocycles. The van der Waals surface area contributed by atoms with Gasteiger partial charge in [0.2, 0.25) is 0 Å². The maximum Gasteiger partial charge on any atom is 0.340 e. The molecule has 0 radical (unpaired) electrons. The third-order valence-electron chi connectivity index (χ3n) is 3.70. The molecule has 2 N–H and O–H groups in total. The molecule has 116 valence electrons. The van der Waals surface area contributed by atoms with Gasteiger partial charge in [-0.25, -0.2) is 4.79 Å². The van der Waals surface area contributed by atoms with Crippen LogP contribution in [-0.2, 0) is 4.74 Å². The normalized spacial score (nSPS) is 16.7. The van der Waals surface area contributed by atoms with Crippen LogP contribution in [0.1, 0.15) is 10.4 Å². The van der Waals surface area contributed by atoms with Crippen molar-refractivity contribution in [3.8, 4) is 5.75 Å². The van der Waals surface area contributed by atoms with Crippen molar-refractivity contribution in [1.82, 2.24) is 9.80 Å². The second-order valence-electron chi connectivity index (χ2n) is 5.23. The van der Waals surface area contributed by atoms with E-state index >= 15 is 0 Å². The Kier molecular flexibility index (Phi) is 5.41. The molecule has 0 saturated carbocycles. The van der Waals surface area contributed by atoms with Crippen LogP contribution in [0, 0.1) is 0 Å². The van der Waals surface area contributed by atoms with Crippen LogP contribution >= 0.6 is 0 Å². The molecule has 1 aliphatic rings. The molecule has 1 aliphatic heterocycles. The number of likely N-dealkylation sites (N-methyl/N-ethyl adjacent to an activating group) is 1. The fourth-order valence-corrected chi connectivity index (χ4v) is 2.28. The number of hydrogen-bond acceptors (Lipinski definition) is 6. The summed E-state index contributed by atoms with van der Waals surface area (Å²) >= 11 is 0. The molecule has 6 heteroatoms. The van der Waals surface area contributed by atoms with Crippen molar-refractivity contribution in [3.63, 3.8) is 0 Å². The summed E-state index contributed by atoms with van der Waals surface area (Å²) in [5, 5.41) is 0. The van der Waals surface area contributed by atoms with Gasteiger partial charge in [0.05, 0.1) is 12.7 Å². The van der Waals surface area contributed by atoms with E-state index in [0.717, 1.165) is 32.7 Å². The number of rotatable bonds is 5. The molecular weight excluding hydrogens is 270 g/mol. The molecule has 0 bridgehead atoms. The average molecular weight is 293 g/mol. The van der Waals surface area contributed by atoms with Crippen molar-refractivity contribution in [3.05, 3.63) is 23.8 Å². The van der Waals surface area contributed by atoms with Gasteiger partial charge in [0.25, 0.3) is 0 Å². The fraction of sp³-hybridized carbons (Fsp3) is 0.533. The number of hydrogen-bond donors (Lipinski definition) is 1. The summed E-state index contributed by atoms with van der Waals surface area (Å²) in [6.45, 7) is 5.78. The molecule has 0 atom stereocenters.